The van der Waals surface area contributed by atoms with E-state index in [1.165, 1.54) is 4.90 Å². The maximum atomic E-state index is 13.0. The van der Waals surface area contributed by atoms with Crippen LogP contribution in [-0.2, 0) is 22.6 Å². The fraction of sp³-hybridized carbons (Fsp3) is 0.231. The van der Waals surface area contributed by atoms with Gasteiger partial charge in [-0.15, -0.1) is 0 Å². The molecule has 0 aliphatic heterocycles. The van der Waals surface area contributed by atoms with Crippen LogP contribution in [0.3, 0.4) is 0 Å². The second-order valence-corrected chi connectivity index (χ2v) is 7.89. The van der Waals surface area contributed by atoms with Crippen LogP contribution < -0.4 is 10.1 Å². The van der Waals surface area contributed by atoms with E-state index in [1.54, 1.807) is 31.2 Å². The first-order chi connectivity index (χ1) is 15.5. The zero-order chi connectivity index (χ0) is 22.8. The maximum Gasteiger partial charge on any atom is 0.261 e. The Bertz CT molecular complexity index is 995. The topological polar surface area (TPSA) is 58.6 Å². The van der Waals surface area contributed by atoms with Gasteiger partial charge in [0.1, 0.15) is 11.8 Å². The average molecular weight is 451 g/mol. The van der Waals surface area contributed by atoms with Crippen molar-refractivity contribution in [1.29, 1.82) is 0 Å². The highest BCUT2D eigenvalue weighted by Crippen LogP contribution is 2.15. The van der Waals surface area contributed by atoms with Gasteiger partial charge in [0.2, 0.25) is 5.91 Å². The molecule has 6 heteroatoms. The summed E-state index contributed by atoms with van der Waals surface area (Å²) in [6.45, 7) is 2.35. The summed E-state index contributed by atoms with van der Waals surface area (Å²) >= 11 is 5.98. The molecule has 3 aromatic carbocycles. The molecule has 0 saturated heterocycles. The summed E-state index contributed by atoms with van der Waals surface area (Å²) in [4.78, 5) is 27.4. The van der Waals surface area contributed by atoms with Gasteiger partial charge in [0, 0.05) is 18.1 Å². The molecule has 0 spiro atoms. The van der Waals surface area contributed by atoms with Crippen molar-refractivity contribution in [2.45, 2.75) is 25.9 Å². The van der Waals surface area contributed by atoms with Gasteiger partial charge in [-0.2, -0.15) is 0 Å². The van der Waals surface area contributed by atoms with Crippen molar-refractivity contribution in [2.24, 2.45) is 0 Å². The summed E-state index contributed by atoms with van der Waals surface area (Å²) in [5, 5.41) is 3.56. The van der Waals surface area contributed by atoms with Gasteiger partial charge in [-0.1, -0.05) is 72.3 Å². The van der Waals surface area contributed by atoms with Crippen molar-refractivity contribution < 1.29 is 14.3 Å². The molecule has 1 atom stereocenters. The lowest BCUT2D eigenvalue weighted by Crippen LogP contribution is -2.49. The van der Waals surface area contributed by atoms with Crippen LogP contribution >= 0.6 is 11.6 Å². The van der Waals surface area contributed by atoms with Crippen LogP contribution in [0.5, 0.6) is 5.75 Å². The van der Waals surface area contributed by atoms with Crippen LogP contribution in [0.4, 0.5) is 0 Å². The highest BCUT2D eigenvalue weighted by atomic mass is 35.5. The second kappa shape index (κ2) is 11.9. The zero-order valence-electron chi connectivity index (χ0n) is 18.0. The quantitative estimate of drug-likeness (QED) is 0.495. The number of hydrogen-bond acceptors (Lipinski definition) is 3. The van der Waals surface area contributed by atoms with Crippen molar-refractivity contribution in [1.82, 2.24) is 10.2 Å². The van der Waals surface area contributed by atoms with Crippen LogP contribution in [0, 0.1) is 0 Å². The van der Waals surface area contributed by atoms with Gasteiger partial charge in [0.05, 0.1) is 0 Å². The number of carbonyl (C=O) groups is 2. The molecule has 0 unspecified atom stereocenters. The lowest BCUT2D eigenvalue weighted by atomic mass is 10.1. The van der Waals surface area contributed by atoms with Crippen molar-refractivity contribution in [3.8, 4) is 5.75 Å². The van der Waals surface area contributed by atoms with E-state index in [9.17, 15) is 9.59 Å². The fourth-order valence-corrected chi connectivity index (χ4v) is 3.36. The standard InChI is InChI=1S/C26H27ClN2O3/c1-20(26(31)28-17-16-21-8-4-2-5-9-21)29(18-22-12-14-23(27)15-13-22)25(30)19-32-24-10-6-3-7-11-24/h2-15,20H,16-19H2,1H3,(H,28,31)/t20-/m0/s1. The molecule has 166 valence electrons. The van der Waals surface area contributed by atoms with E-state index in [1.807, 2.05) is 60.7 Å². The number of ether oxygens (including phenoxy) is 1. The maximum absolute atomic E-state index is 13.0. The molecule has 0 saturated carbocycles. The summed E-state index contributed by atoms with van der Waals surface area (Å²) in [7, 11) is 0. The Morgan fingerprint density at radius 2 is 1.53 bits per heavy atom. The summed E-state index contributed by atoms with van der Waals surface area (Å²) < 4.78 is 5.63. The van der Waals surface area contributed by atoms with Crippen LogP contribution in [-0.4, -0.2) is 35.9 Å². The Labute approximate surface area is 194 Å². The monoisotopic (exact) mass is 450 g/mol. The molecule has 5 nitrogen and oxygen atoms in total. The third-order valence-electron chi connectivity index (χ3n) is 5.09. The van der Waals surface area contributed by atoms with Gasteiger partial charge in [0.15, 0.2) is 6.61 Å². The Hall–Kier alpha value is -3.31. The molecule has 0 aromatic heterocycles. The molecule has 0 fully saturated rings. The Morgan fingerprint density at radius 3 is 2.19 bits per heavy atom. The number of amides is 2. The number of halogens is 1. The van der Waals surface area contributed by atoms with E-state index in [0.29, 0.717) is 17.3 Å². The summed E-state index contributed by atoms with van der Waals surface area (Å²) in [5.41, 5.74) is 2.03. The van der Waals surface area contributed by atoms with Gasteiger partial charge < -0.3 is 15.0 Å². The molecule has 0 radical (unpaired) electrons. The van der Waals surface area contributed by atoms with E-state index in [0.717, 1.165) is 17.5 Å². The minimum Gasteiger partial charge on any atom is -0.484 e. The predicted molar refractivity (Wildman–Crippen MR) is 127 cm³/mol. The Morgan fingerprint density at radius 1 is 0.906 bits per heavy atom. The summed E-state index contributed by atoms with van der Waals surface area (Å²) in [6.07, 6.45) is 0.724. The van der Waals surface area contributed by atoms with Crippen molar-refractivity contribution in [3.63, 3.8) is 0 Å². The number of carbonyl (C=O) groups excluding carboxylic acids is 2. The van der Waals surface area contributed by atoms with Gasteiger partial charge in [-0.3, -0.25) is 9.59 Å². The number of nitrogens with zero attached hydrogens (tertiary/aromatic N) is 1. The lowest BCUT2D eigenvalue weighted by molar-refractivity contribution is -0.142. The Balaban J connectivity index is 1.64. The highest BCUT2D eigenvalue weighted by Gasteiger charge is 2.26. The van der Waals surface area contributed by atoms with E-state index >= 15 is 0 Å². The molecule has 1 N–H and O–H groups in total. The normalized spacial score (nSPS) is 11.4. The highest BCUT2D eigenvalue weighted by molar-refractivity contribution is 6.30. The molecule has 32 heavy (non-hydrogen) atoms. The van der Waals surface area contributed by atoms with Gasteiger partial charge >= 0.3 is 0 Å². The molecular formula is C26H27ClN2O3. The predicted octanol–water partition coefficient (Wildman–Crippen LogP) is 4.50. The number of benzene rings is 3. The molecule has 0 heterocycles. The number of nitrogens with one attached hydrogen (secondary N) is 1. The van der Waals surface area contributed by atoms with E-state index < -0.39 is 6.04 Å². The molecular weight excluding hydrogens is 424 g/mol. The molecule has 0 aliphatic carbocycles. The van der Waals surface area contributed by atoms with Crippen LogP contribution in [0.25, 0.3) is 0 Å². The molecule has 0 aliphatic rings. The number of rotatable bonds is 10. The van der Waals surface area contributed by atoms with Crippen molar-refractivity contribution >= 4 is 23.4 Å². The summed E-state index contributed by atoms with van der Waals surface area (Å²) in [6, 6.07) is 25.7. The lowest BCUT2D eigenvalue weighted by Gasteiger charge is -2.28. The van der Waals surface area contributed by atoms with Crippen LogP contribution in [0.2, 0.25) is 5.02 Å². The minimum atomic E-state index is -0.659. The van der Waals surface area contributed by atoms with Gasteiger partial charge in [-0.25, -0.2) is 0 Å². The zero-order valence-corrected chi connectivity index (χ0v) is 18.8. The second-order valence-electron chi connectivity index (χ2n) is 7.45. The first kappa shape index (κ1) is 23.4. The largest absolute Gasteiger partial charge is 0.484 e. The average Bonchev–Trinajstić information content (AvgIpc) is 2.83. The Kier molecular flexibility index (Phi) is 8.70. The SMILES string of the molecule is C[C@@H](C(=O)NCCc1ccccc1)N(Cc1ccc(Cl)cc1)C(=O)COc1ccccc1. The van der Waals surface area contributed by atoms with Gasteiger partial charge in [-0.05, 0) is 48.7 Å². The fourth-order valence-electron chi connectivity index (χ4n) is 3.24. The molecule has 3 aromatic rings. The van der Waals surface area contributed by atoms with Gasteiger partial charge in [0.25, 0.3) is 5.91 Å². The van der Waals surface area contributed by atoms with Crippen LogP contribution in [0.15, 0.2) is 84.9 Å². The van der Waals surface area contributed by atoms with E-state index in [4.69, 9.17) is 16.3 Å². The first-order valence-electron chi connectivity index (χ1n) is 10.6. The first-order valence-corrected chi connectivity index (χ1v) is 10.9. The third kappa shape index (κ3) is 7.13. The van der Waals surface area contributed by atoms with Crippen molar-refractivity contribution in [3.05, 3.63) is 101 Å². The number of para-hydroxylation sites is 1. The summed E-state index contributed by atoms with van der Waals surface area (Å²) in [5.74, 6) is 0.129. The minimum absolute atomic E-state index is 0.154. The molecule has 2 amide bonds. The van der Waals surface area contributed by atoms with Crippen LogP contribution in [0.1, 0.15) is 18.1 Å². The molecule has 0 bridgehead atoms. The van der Waals surface area contributed by atoms with Crippen molar-refractivity contribution in [2.75, 3.05) is 13.2 Å². The smallest absolute Gasteiger partial charge is 0.261 e. The van der Waals surface area contributed by atoms with E-state index in [-0.39, 0.29) is 25.0 Å². The number of hydrogen-bond donors (Lipinski definition) is 1. The van der Waals surface area contributed by atoms with E-state index in [2.05, 4.69) is 5.32 Å². The third-order valence-corrected chi connectivity index (χ3v) is 5.35. The molecule has 3 rings (SSSR count).